The Balaban J connectivity index is 1.61. The summed E-state index contributed by atoms with van der Waals surface area (Å²) in [7, 11) is 2.04. The summed E-state index contributed by atoms with van der Waals surface area (Å²) in [4.78, 5) is 28.4. The third-order valence-electron chi connectivity index (χ3n) is 7.81. The highest BCUT2D eigenvalue weighted by Crippen LogP contribution is 2.51. The summed E-state index contributed by atoms with van der Waals surface area (Å²) in [5.41, 5.74) is -0.363. The Labute approximate surface area is 180 Å². The van der Waals surface area contributed by atoms with E-state index in [0.717, 1.165) is 30.5 Å². The number of hydrogen-bond acceptors (Lipinski definition) is 7. The SMILES string of the molecule is CC1=C(O)C[C@@H]2CC3Cc4cc(C5CCCN5C)cc(O)c4C(=O)C3=C(O)[C@]2(O)C1=O. The fourth-order valence-corrected chi connectivity index (χ4v) is 6.09. The highest BCUT2D eigenvalue weighted by molar-refractivity contribution is 6.15. The third kappa shape index (κ3) is 2.66. The maximum Gasteiger partial charge on any atom is 0.201 e. The van der Waals surface area contributed by atoms with Gasteiger partial charge in [0.25, 0.3) is 0 Å². The summed E-state index contributed by atoms with van der Waals surface area (Å²) in [6, 6.07) is 3.79. The molecule has 0 bridgehead atoms. The van der Waals surface area contributed by atoms with E-state index in [4.69, 9.17) is 0 Å². The van der Waals surface area contributed by atoms with Gasteiger partial charge in [-0.1, -0.05) is 6.07 Å². The number of phenols is 1. The molecular formula is C24H27NO6. The molecule has 0 aromatic heterocycles. The van der Waals surface area contributed by atoms with Crippen molar-refractivity contribution in [2.45, 2.75) is 50.7 Å². The monoisotopic (exact) mass is 425 g/mol. The number of hydrogen-bond donors (Lipinski definition) is 4. The van der Waals surface area contributed by atoms with Crippen molar-refractivity contribution in [3.05, 3.63) is 51.5 Å². The van der Waals surface area contributed by atoms with E-state index in [1.54, 1.807) is 6.07 Å². The van der Waals surface area contributed by atoms with E-state index in [1.165, 1.54) is 6.92 Å². The lowest BCUT2D eigenvalue weighted by Gasteiger charge is -2.45. The highest BCUT2D eigenvalue weighted by Gasteiger charge is 2.58. The Hall–Kier alpha value is -2.64. The number of aliphatic hydroxyl groups excluding tert-OH is 2. The lowest BCUT2D eigenvalue weighted by molar-refractivity contribution is -0.142. The number of benzene rings is 1. The molecule has 0 radical (unpaired) electrons. The fraction of sp³-hybridized carbons (Fsp3) is 0.500. The maximum absolute atomic E-state index is 13.4. The molecule has 0 spiro atoms. The van der Waals surface area contributed by atoms with Gasteiger partial charge in [0.1, 0.15) is 11.5 Å². The molecule has 2 unspecified atom stereocenters. The van der Waals surface area contributed by atoms with Gasteiger partial charge in [-0.25, -0.2) is 0 Å². The first-order chi connectivity index (χ1) is 14.6. The number of likely N-dealkylation sites (tertiary alicyclic amines) is 1. The van der Waals surface area contributed by atoms with E-state index in [0.29, 0.717) is 12.8 Å². The van der Waals surface area contributed by atoms with Crippen LogP contribution in [0.1, 0.15) is 60.1 Å². The quantitative estimate of drug-likeness (QED) is 0.546. The maximum atomic E-state index is 13.4. The molecule has 1 aromatic carbocycles. The Morgan fingerprint density at radius 2 is 1.87 bits per heavy atom. The van der Waals surface area contributed by atoms with Crippen molar-refractivity contribution in [2.24, 2.45) is 11.8 Å². The number of allylic oxidation sites excluding steroid dienone is 2. The zero-order valence-electron chi connectivity index (χ0n) is 17.7. The molecule has 1 heterocycles. The van der Waals surface area contributed by atoms with Gasteiger partial charge >= 0.3 is 0 Å². The second-order valence-electron chi connectivity index (χ2n) is 9.51. The Morgan fingerprint density at radius 1 is 1.13 bits per heavy atom. The van der Waals surface area contributed by atoms with Crippen LogP contribution in [0.25, 0.3) is 0 Å². The Kier molecular flexibility index (Phi) is 4.37. The minimum absolute atomic E-state index is 0.00109. The van der Waals surface area contributed by atoms with Crippen molar-refractivity contribution in [1.82, 2.24) is 4.90 Å². The molecule has 0 saturated carbocycles. The van der Waals surface area contributed by atoms with Gasteiger partial charge in [0, 0.05) is 29.5 Å². The zero-order chi connectivity index (χ0) is 22.2. The molecule has 0 amide bonds. The van der Waals surface area contributed by atoms with E-state index < -0.39 is 28.8 Å². The molecule has 1 aliphatic heterocycles. The number of phenolic OH excluding ortho intramolecular Hbond substituents is 1. The number of carbonyl (C=O) groups is 2. The fourth-order valence-electron chi connectivity index (χ4n) is 6.09. The standard InChI is InChI=1S/C24H27NO6/c1-11-17(26)10-15-8-14-7-13-6-12(16-4-3-5-25(16)2)9-18(27)19(13)21(28)20(14)23(30)24(15,31)22(11)29/h6,9,14-16,26-27,30-31H,3-5,7-8,10H2,1-2H3/t14?,15-,16?,24+/m0/s1. The van der Waals surface area contributed by atoms with Gasteiger partial charge in [0.2, 0.25) is 5.78 Å². The summed E-state index contributed by atoms with van der Waals surface area (Å²) < 4.78 is 0. The number of aromatic hydroxyl groups is 1. The smallest absolute Gasteiger partial charge is 0.201 e. The summed E-state index contributed by atoms with van der Waals surface area (Å²) in [5.74, 6) is -3.24. The van der Waals surface area contributed by atoms with Crippen molar-refractivity contribution in [3.63, 3.8) is 0 Å². The normalized spacial score (nSPS) is 33.5. The zero-order valence-corrected chi connectivity index (χ0v) is 17.7. The van der Waals surface area contributed by atoms with Crippen molar-refractivity contribution < 1.29 is 30.0 Å². The molecule has 7 nitrogen and oxygen atoms in total. The van der Waals surface area contributed by atoms with Crippen LogP contribution in [0.3, 0.4) is 0 Å². The van der Waals surface area contributed by atoms with Crippen LogP contribution in [0.4, 0.5) is 0 Å². The summed E-state index contributed by atoms with van der Waals surface area (Å²) in [6.45, 7) is 2.39. The number of aliphatic hydroxyl groups is 3. The van der Waals surface area contributed by atoms with Gasteiger partial charge in [0.15, 0.2) is 11.4 Å². The minimum Gasteiger partial charge on any atom is -0.512 e. The molecule has 164 valence electrons. The van der Waals surface area contributed by atoms with Gasteiger partial charge in [-0.2, -0.15) is 0 Å². The molecule has 3 aliphatic carbocycles. The first kappa shape index (κ1) is 20.3. The average Bonchev–Trinajstić information content (AvgIpc) is 3.14. The van der Waals surface area contributed by atoms with Crippen LogP contribution < -0.4 is 0 Å². The van der Waals surface area contributed by atoms with Gasteiger partial charge in [-0.15, -0.1) is 0 Å². The first-order valence-corrected chi connectivity index (χ1v) is 10.8. The van der Waals surface area contributed by atoms with Crippen molar-refractivity contribution in [2.75, 3.05) is 13.6 Å². The molecule has 1 fully saturated rings. The third-order valence-corrected chi connectivity index (χ3v) is 7.81. The number of rotatable bonds is 1. The van der Waals surface area contributed by atoms with Crippen LogP contribution in [-0.4, -0.2) is 56.1 Å². The number of Topliss-reactive ketones (excluding diaryl/α,β-unsaturated/α-hetero) is 2. The van der Waals surface area contributed by atoms with E-state index in [1.807, 2.05) is 13.1 Å². The second-order valence-corrected chi connectivity index (χ2v) is 9.51. The lowest BCUT2D eigenvalue weighted by atomic mass is 9.60. The van der Waals surface area contributed by atoms with Crippen molar-refractivity contribution >= 4 is 11.6 Å². The highest BCUT2D eigenvalue weighted by atomic mass is 16.3. The summed E-state index contributed by atoms with van der Waals surface area (Å²) >= 11 is 0. The number of carbonyl (C=O) groups excluding carboxylic acids is 2. The Morgan fingerprint density at radius 3 is 2.55 bits per heavy atom. The van der Waals surface area contributed by atoms with Crippen LogP contribution in [0.15, 0.2) is 34.8 Å². The van der Waals surface area contributed by atoms with Crippen molar-refractivity contribution in [3.8, 4) is 5.75 Å². The molecular weight excluding hydrogens is 398 g/mol. The van der Waals surface area contributed by atoms with Gasteiger partial charge < -0.3 is 20.4 Å². The summed E-state index contributed by atoms with van der Waals surface area (Å²) in [5, 5.41) is 43.1. The van der Waals surface area contributed by atoms with Crippen LogP contribution >= 0.6 is 0 Å². The van der Waals surface area contributed by atoms with Gasteiger partial charge in [-0.05, 0) is 69.3 Å². The number of fused-ring (bicyclic) bond motifs is 3. The van der Waals surface area contributed by atoms with E-state index >= 15 is 0 Å². The largest absolute Gasteiger partial charge is 0.512 e. The van der Waals surface area contributed by atoms with Crippen LogP contribution in [-0.2, 0) is 11.2 Å². The number of nitrogens with zero attached hydrogens (tertiary/aromatic N) is 1. The van der Waals surface area contributed by atoms with E-state index in [9.17, 15) is 30.0 Å². The minimum atomic E-state index is -2.21. The van der Waals surface area contributed by atoms with Crippen LogP contribution in [0, 0.1) is 11.8 Å². The first-order valence-electron chi connectivity index (χ1n) is 10.8. The molecule has 4 atom stereocenters. The lowest BCUT2D eigenvalue weighted by Crippen LogP contribution is -2.55. The Bertz CT molecular complexity index is 1090. The van der Waals surface area contributed by atoms with Crippen LogP contribution in [0.2, 0.25) is 0 Å². The molecule has 7 heteroatoms. The molecule has 1 saturated heterocycles. The topological polar surface area (TPSA) is 118 Å². The summed E-state index contributed by atoms with van der Waals surface area (Å²) in [6.07, 6.45) is 2.84. The van der Waals surface area contributed by atoms with E-state index in [2.05, 4.69) is 4.90 Å². The molecule has 5 rings (SSSR count). The van der Waals surface area contributed by atoms with E-state index in [-0.39, 0.29) is 46.6 Å². The predicted octanol–water partition coefficient (Wildman–Crippen LogP) is 2.88. The van der Waals surface area contributed by atoms with Gasteiger partial charge in [0.05, 0.1) is 11.3 Å². The molecule has 4 aliphatic rings. The number of ketones is 2. The second kappa shape index (κ2) is 6.68. The average molecular weight is 425 g/mol. The molecule has 31 heavy (non-hydrogen) atoms. The van der Waals surface area contributed by atoms with Crippen LogP contribution in [0.5, 0.6) is 5.75 Å². The van der Waals surface area contributed by atoms with Gasteiger partial charge in [-0.3, -0.25) is 14.5 Å². The van der Waals surface area contributed by atoms with Crippen molar-refractivity contribution in [1.29, 1.82) is 0 Å². The predicted molar refractivity (Wildman–Crippen MR) is 112 cm³/mol. The molecule has 1 aromatic rings. The molecule has 4 N–H and O–H groups in total.